The molecule has 3 heterocycles. The van der Waals surface area contributed by atoms with Crippen molar-refractivity contribution in [3.8, 4) is 0 Å². The molecule has 0 aliphatic carbocycles. The summed E-state index contributed by atoms with van der Waals surface area (Å²) in [7, 11) is 0. The van der Waals surface area contributed by atoms with Crippen molar-refractivity contribution in [1.82, 2.24) is 30.0 Å². The van der Waals surface area contributed by atoms with Gasteiger partial charge in [0.25, 0.3) is 5.91 Å². The van der Waals surface area contributed by atoms with Gasteiger partial charge in [-0.25, -0.2) is 4.68 Å². The molecule has 0 saturated carbocycles. The average Bonchev–Trinajstić information content (AvgIpc) is 3.40. The summed E-state index contributed by atoms with van der Waals surface area (Å²) in [6.45, 7) is 3.49. The summed E-state index contributed by atoms with van der Waals surface area (Å²) in [5.74, 6) is -0.0486. The number of hydrogen-bond acceptors (Lipinski definition) is 6. The molecule has 0 unspecified atom stereocenters. The number of tetrazole rings is 1. The van der Waals surface area contributed by atoms with Gasteiger partial charge in [-0.05, 0) is 41.0 Å². The van der Waals surface area contributed by atoms with Crippen LogP contribution in [0.3, 0.4) is 0 Å². The number of hydrogen-bond donors (Lipinski definition) is 0. The molecule has 142 valence electrons. The highest BCUT2D eigenvalue weighted by Crippen LogP contribution is 2.22. The number of carbonyl (C=O) groups excluding carboxylic acids is 2. The van der Waals surface area contributed by atoms with Crippen molar-refractivity contribution in [3.63, 3.8) is 0 Å². The summed E-state index contributed by atoms with van der Waals surface area (Å²) in [6, 6.07) is 7.03. The molecule has 1 aromatic carbocycles. The molecule has 2 amide bonds. The van der Waals surface area contributed by atoms with Crippen LogP contribution in [0.2, 0.25) is 0 Å². The van der Waals surface area contributed by atoms with Gasteiger partial charge in [-0.1, -0.05) is 12.1 Å². The van der Waals surface area contributed by atoms with Crippen LogP contribution in [0.4, 0.5) is 0 Å². The Morgan fingerprint density at radius 2 is 1.89 bits per heavy atom. The molecule has 0 N–H and O–H groups in total. The maximum absolute atomic E-state index is 13.0. The Morgan fingerprint density at radius 3 is 2.59 bits per heavy atom. The molecule has 2 saturated heterocycles. The van der Waals surface area contributed by atoms with Gasteiger partial charge in [0.15, 0.2) is 0 Å². The van der Waals surface area contributed by atoms with Crippen molar-refractivity contribution in [2.24, 2.45) is 0 Å². The molecule has 0 radical (unpaired) electrons. The quantitative estimate of drug-likeness (QED) is 0.762. The lowest BCUT2D eigenvalue weighted by Crippen LogP contribution is -2.51. The van der Waals surface area contributed by atoms with Gasteiger partial charge in [-0.3, -0.25) is 9.59 Å². The van der Waals surface area contributed by atoms with E-state index >= 15 is 0 Å². The van der Waals surface area contributed by atoms with E-state index in [4.69, 9.17) is 4.74 Å². The minimum Gasteiger partial charge on any atom is -0.378 e. The zero-order valence-corrected chi connectivity index (χ0v) is 15.0. The van der Waals surface area contributed by atoms with Gasteiger partial charge in [0.1, 0.15) is 12.4 Å². The number of likely N-dealkylation sites (tertiary alicyclic amines) is 1. The van der Waals surface area contributed by atoms with Gasteiger partial charge < -0.3 is 14.5 Å². The first-order chi connectivity index (χ1) is 13.2. The molecule has 2 fully saturated rings. The number of morpholine rings is 1. The molecule has 2 aliphatic rings. The van der Waals surface area contributed by atoms with Crippen molar-refractivity contribution in [1.29, 1.82) is 0 Å². The predicted octanol–water partition coefficient (Wildman–Crippen LogP) is 0.185. The Hall–Kier alpha value is -2.81. The molecule has 27 heavy (non-hydrogen) atoms. The van der Waals surface area contributed by atoms with Crippen LogP contribution >= 0.6 is 0 Å². The Morgan fingerprint density at radius 1 is 1.11 bits per heavy atom. The second kappa shape index (κ2) is 7.83. The molecule has 1 atom stereocenters. The van der Waals surface area contributed by atoms with E-state index in [0.29, 0.717) is 45.0 Å². The van der Waals surface area contributed by atoms with Crippen LogP contribution in [0.25, 0.3) is 0 Å². The van der Waals surface area contributed by atoms with E-state index in [1.54, 1.807) is 28.0 Å². The van der Waals surface area contributed by atoms with E-state index < -0.39 is 0 Å². The summed E-state index contributed by atoms with van der Waals surface area (Å²) in [4.78, 5) is 29.3. The number of benzene rings is 1. The maximum atomic E-state index is 13.0. The molecule has 9 heteroatoms. The molecular formula is C18H22N6O3. The van der Waals surface area contributed by atoms with Crippen LogP contribution in [-0.4, -0.2) is 80.7 Å². The van der Waals surface area contributed by atoms with Gasteiger partial charge in [0.05, 0.1) is 19.8 Å². The van der Waals surface area contributed by atoms with Gasteiger partial charge in [-0.15, -0.1) is 5.10 Å². The number of ether oxygens (including phenoxy) is 1. The van der Waals surface area contributed by atoms with Crippen LogP contribution in [0, 0.1) is 0 Å². The summed E-state index contributed by atoms with van der Waals surface area (Å²) in [6.07, 6.45) is 3.12. The maximum Gasteiger partial charge on any atom is 0.254 e. The first-order valence-corrected chi connectivity index (χ1v) is 9.19. The van der Waals surface area contributed by atoms with E-state index in [0.717, 1.165) is 18.4 Å². The third-order valence-corrected chi connectivity index (χ3v) is 5.06. The third-order valence-electron chi connectivity index (χ3n) is 5.06. The average molecular weight is 370 g/mol. The van der Waals surface area contributed by atoms with Gasteiger partial charge in [0.2, 0.25) is 5.91 Å². The van der Waals surface area contributed by atoms with Gasteiger partial charge in [-0.2, -0.15) is 0 Å². The van der Waals surface area contributed by atoms with Gasteiger partial charge >= 0.3 is 0 Å². The second-order valence-electron chi connectivity index (χ2n) is 6.80. The number of carbonyl (C=O) groups is 2. The van der Waals surface area contributed by atoms with E-state index in [1.807, 2.05) is 17.0 Å². The highest BCUT2D eigenvalue weighted by molar-refractivity contribution is 5.98. The second-order valence-corrected chi connectivity index (χ2v) is 6.80. The molecule has 2 aromatic rings. The fourth-order valence-corrected chi connectivity index (χ4v) is 3.62. The van der Waals surface area contributed by atoms with E-state index in [-0.39, 0.29) is 17.9 Å². The lowest BCUT2D eigenvalue weighted by atomic mass is 10.1. The summed E-state index contributed by atoms with van der Waals surface area (Å²) < 4.78 is 6.94. The smallest absolute Gasteiger partial charge is 0.254 e. The monoisotopic (exact) mass is 370 g/mol. The molecule has 0 spiro atoms. The highest BCUT2D eigenvalue weighted by Gasteiger charge is 2.37. The van der Waals surface area contributed by atoms with E-state index in [9.17, 15) is 9.59 Å². The fraction of sp³-hybridized carbons (Fsp3) is 0.500. The van der Waals surface area contributed by atoms with Gasteiger partial charge in [0, 0.05) is 25.2 Å². The van der Waals surface area contributed by atoms with Crippen LogP contribution in [0.5, 0.6) is 0 Å². The van der Waals surface area contributed by atoms with Crippen LogP contribution < -0.4 is 0 Å². The molecule has 9 nitrogen and oxygen atoms in total. The third kappa shape index (κ3) is 3.82. The van der Waals surface area contributed by atoms with Crippen LogP contribution in [0.1, 0.15) is 28.8 Å². The van der Waals surface area contributed by atoms with Crippen molar-refractivity contribution >= 4 is 11.8 Å². The summed E-state index contributed by atoms with van der Waals surface area (Å²) in [5.41, 5.74) is 1.60. The number of amides is 2. The van der Waals surface area contributed by atoms with Crippen LogP contribution in [0.15, 0.2) is 30.6 Å². The van der Waals surface area contributed by atoms with E-state index in [1.165, 1.54) is 0 Å². The molecule has 0 bridgehead atoms. The lowest BCUT2D eigenvalue weighted by molar-refractivity contribution is -0.139. The standard InChI is InChI=1S/C18H22N6O3/c25-17(15-5-3-14(4-6-15)12-23-13-19-20-21-23)24-7-1-2-16(24)18(26)22-8-10-27-11-9-22/h3-6,13,16H,1-2,7-12H2/t16-/m0/s1. The molecular weight excluding hydrogens is 348 g/mol. The first-order valence-electron chi connectivity index (χ1n) is 9.19. The van der Waals surface area contributed by atoms with Crippen molar-refractivity contribution in [2.75, 3.05) is 32.8 Å². The number of rotatable bonds is 4. The minimum absolute atomic E-state index is 0.0412. The normalized spacial score (nSPS) is 20.1. The zero-order chi connectivity index (χ0) is 18.6. The molecule has 4 rings (SSSR count). The Labute approximate surface area is 156 Å². The largest absolute Gasteiger partial charge is 0.378 e. The Balaban J connectivity index is 1.43. The topological polar surface area (TPSA) is 93.5 Å². The highest BCUT2D eigenvalue weighted by atomic mass is 16.5. The minimum atomic E-state index is -0.364. The first kappa shape index (κ1) is 17.6. The lowest BCUT2D eigenvalue weighted by Gasteiger charge is -2.32. The Bertz CT molecular complexity index is 786. The van der Waals surface area contributed by atoms with E-state index in [2.05, 4.69) is 15.5 Å². The van der Waals surface area contributed by atoms with Crippen LogP contribution in [-0.2, 0) is 16.1 Å². The molecule has 2 aliphatic heterocycles. The number of aromatic nitrogens is 4. The zero-order valence-electron chi connectivity index (χ0n) is 15.0. The number of nitrogens with zero attached hydrogens (tertiary/aromatic N) is 6. The molecule has 1 aromatic heterocycles. The Kier molecular flexibility index (Phi) is 5.10. The predicted molar refractivity (Wildman–Crippen MR) is 94.8 cm³/mol. The summed E-state index contributed by atoms with van der Waals surface area (Å²) >= 11 is 0. The van der Waals surface area contributed by atoms with Crippen molar-refractivity contribution in [3.05, 3.63) is 41.7 Å². The van der Waals surface area contributed by atoms with Crippen molar-refractivity contribution < 1.29 is 14.3 Å². The SMILES string of the molecule is O=C([C@@H]1CCCN1C(=O)c1ccc(Cn2cnnn2)cc1)N1CCOCC1. The fourth-order valence-electron chi connectivity index (χ4n) is 3.62. The summed E-state index contributed by atoms with van der Waals surface area (Å²) in [5, 5.41) is 11.1. The van der Waals surface area contributed by atoms with Crippen molar-refractivity contribution in [2.45, 2.75) is 25.4 Å².